The van der Waals surface area contributed by atoms with Gasteiger partial charge in [0.25, 0.3) is 0 Å². The normalized spacial score (nSPS) is 14.9. The van der Waals surface area contributed by atoms with Crippen LogP contribution in [0.1, 0.15) is 25.8 Å². The van der Waals surface area contributed by atoms with Crippen LogP contribution in [0.2, 0.25) is 0 Å². The lowest BCUT2D eigenvalue weighted by molar-refractivity contribution is 0.105. The second-order valence-electron chi connectivity index (χ2n) is 4.72. The van der Waals surface area contributed by atoms with Gasteiger partial charge in [0.2, 0.25) is 0 Å². The molecule has 96 valence electrons. The maximum atomic E-state index is 9.60. The smallest absolute Gasteiger partial charge is 0.115 e. The predicted molar refractivity (Wildman–Crippen MR) is 70.2 cm³/mol. The van der Waals surface area contributed by atoms with E-state index < -0.39 is 0 Å². The summed E-state index contributed by atoms with van der Waals surface area (Å²) >= 11 is 0. The molecule has 0 aliphatic carbocycles. The summed E-state index contributed by atoms with van der Waals surface area (Å²) in [4.78, 5) is 2.17. The fourth-order valence-corrected chi connectivity index (χ4v) is 1.77. The van der Waals surface area contributed by atoms with E-state index in [0.717, 1.165) is 12.8 Å². The van der Waals surface area contributed by atoms with E-state index in [1.54, 1.807) is 12.1 Å². The molecule has 2 N–H and O–H groups in total. The first-order chi connectivity index (χ1) is 8.02. The highest BCUT2D eigenvalue weighted by Gasteiger charge is 2.13. The minimum absolute atomic E-state index is 0.248. The average molecular weight is 237 g/mol. The standard InChI is InChI=1S/C14H23NO2/c1-4-13(16)10-15(3)11(2)9-12-5-7-14(17)8-6-12/h5-8,11,13,16-17H,4,9-10H2,1-3H3/t11?,13-/m1/s1. The molecule has 17 heavy (non-hydrogen) atoms. The number of nitrogens with zero attached hydrogens (tertiary/aromatic N) is 1. The summed E-state index contributed by atoms with van der Waals surface area (Å²) in [6.45, 7) is 4.84. The van der Waals surface area contributed by atoms with Gasteiger partial charge >= 0.3 is 0 Å². The Morgan fingerprint density at radius 1 is 1.24 bits per heavy atom. The van der Waals surface area contributed by atoms with Crippen molar-refractivity contribution in [3.05, 3.63) is 29.8 Å². The molecule has 1 aromatic rings. The fraction of sp³-hybridized carbons (Fsp3) is 0.571. The van der Waals surface area contributed by atoms with E-state index in [2.05, 4.69) is 11.8 Å². The van der Waals surface area contributed by atoms with Crippen molar-refractivity contribution in [2.45, 2.75) is 38.8 Å². The van der Waals surface area contributed by atoms with Crippen molar-refractivity contribution in [2.24, 2.45) is 0 Å². The number of rotatable bonds is 6. The van der Waals surface area contributed by atoms with Gasteiger partial charge in [-0.15, -0.1) is 0 Å². The third-order valence-electron chi connectivity index (χ3n) is 3.19. The van der Waals surface area contributed by atoms with Gasteiger partial charge in [-0.25, -0.2) is 0 Å². The van der Waals surface area contributed by atoms with Crippen molar-refractivity contribution in [1.82, 2.24) is 4.90 Å². The molecule has 0 aliphatic rings. The number of aliphatic hydroxyl groups excluding tert-OH is 1. The second kappa shape index (κ2) is 6.62. The summed E-state index contributed by atoms with van der Waals surface area (Å²) in [5.41, 5.74) is 1.20. The molecule has 0 spiro atoms. The zero-order chi connectivity index (χ0) is 12.8. The molecular formula is C14H23NO2. The summed E-state index contributed by atoms with van der Waals surface area (Å²) in [6, 6.07) is 7.68. The van der Waals surface area contributed by atoms with Crippen molar-refractivity contribution < 1.29 is 10.2 Å². The molecule has 0 amide bonds. The third-order valence-corrected chi connectivity index (χ3v) is 3.19. The van der Waals surface area contributed by atoms with E-state index in [1.165, 1.54) is 5.56 Å². The molecule has 1 rings (SSSR count). The minimum atomic E-state index is -0.248. The molecule has 0 saturated carbocycles. The lowest BCUT2D eigenvalue weighted by Crippen LogP contribution is -2.36. The van der Waals surface area contributed by atoms with Crippen LogP contribution in [-0.4, -0.2) is 40.9 Å². The number of phenols is 1. The molecule has 0 aromatic heterocycles. The molecule has 0 saturated heterocycles. The van der Waals surface area contributed by atoms with Gasteiger partial charge in [-0.2, -0.15) is 0 Å². The maximum Gasteiger partial charge on any atom is 0.115 e. The summed E-state index contributed by atoms with van der Waals surface area (Å²) in [6.07, 6.45) is 1.46. The number of aliphatic hydroxyl groups is 1. The van der Waals surface area contributed by atoms with Gasteiger partial charge in [-0.1, -0.05) is 19.1 Å². The highest BCUT2D eigenvalue weighted by Crippen LogP contribution is 2.13. The van der Waals surface area contributed by atoms with Gasteiger partial charge in [0.05, 0.1) is 6.10 Å². The van der Waals surface area contributed by atoms with Crippen LogP contribution < -0.4 is 0 Å². The predicted octanol–water partition coefficient (Wildman–Crippen LogP) is 2.03. The second-order valence-corrected chi connectivity index (χ2v) is 4.72. The van der Waals surface area contributed by atoms with E-state index in [1.807, 2.05) is 26.1 Å². The Labute approximate surface area is 104 Å². The zero-order valence-electron chi connectivity index (χ0n) is 10.9. The third kappa shape index (κ3) is 4.75. The summed E-state index contributed by atoms with van der Waals surface area (Å²) in [5.74, 6) is 0.302. The van der Waals surface area contributed by atoms with Gasteiger partial charge in [0, 0.05) is 12.6 Å². The van der Waals surface area contributed by atoms with Gasteiger partial charge in [-0.3, -0.25) is 0 Å². The maximum absolute atomic E-state index is 9.60. The fourth-order valence-electron chi connectivity index (χ4n) is 1.77. The van der Waals surface area contributed by atoms with E-state index in [0.29, 0.717) is 18.3 Å². The van der Waals surface area contributed by atoms with Crippen molar-refractivity contribution in [1.29, 1.82) is 0 Å². The van der Waals surface area contributed by atoms with Crippen molar-refractivity contribution >= 4 is 0 Å². The number of likely N-dealkylation sites (N-methyl/N-ethyl adjacent to an activating group) is 1. The van der Waals surface area contributed by atoms with Crippen LogP contribution in [0.5, 0.6) is 5.75 Å². The summed E-state index contributed by atoms with van der Waals surface area (Å²) < 4.78 is 0. The van der Waals surface area contributed by atoms with Gasteiger partial charge in [0.1, 0.15) is 5.75 Å². The Kier molecular flexibility index (Phi) is 5.45. The molecule has 3 nitrogen and oxygen atoms in total. The van der Waals surface area contributed by atoms with Crippen LogP contribution in [0.4, 0.5) is 0 Å². The van der Waals surface area contributed by atoms with Crippen molar-refractivity contribution in [3.63, 3.8) is 0 Å². The highest BCUT2D eigenvalue weighted by atomic mass is 16.3. The van der Waals surface area contributed by atoms with Crippen LogP contribution >= 0.6 is 0 Å². The SMILES string of the molecule is CC[C@@H](O)CN(C)C(C)Cc1ccc(O)cc1. The Morgan fingerprint density at radius 3 is 2.35 bits per heavy atom. The average Bonchev–Trinajstić information content (AvgIpc) is 2.31. The first-order valence-corrected chi connectivity index (χ1v) is 6.19. The lowest BCUT2D eigenvalue weighted by atomic mass is 10.1. The zero-order valence-corrected chi connectivity index (χ0v) is 10.9. The molecule has 3 heteroatoms. The molecule has 0 bridgehead atoms. The van der Waals surface area contributed by atoms with E-state index in [4.69, 9.17) is 0 Å². The topological polar surface area (TPSA) is 43.7 Å². The molecular weight excluding hydrogens is 214 g/mol. The van der Waals surface area contributed by atoms with Crippen molar-refractivity contribution in [3.8, 4) is 5.75 Å². The van der Waals surface area contributed by atoms with Gasteiger partial charge in [-0.05, 0) is 44.5 Å². The Bertz CT molecular complexity index is 323. The van der Waals surface area contributed by atoms with Crippen LogP contribution in [0.25, 0.3) is 0 Å². The molecule has 1 unspecified atom stereocenters. The van der Waals surface area contributed by atoms with Crippen LogP contribution in [0.15, 0.2) is 24.3 Å². The largest absolute Gasteiger partial charge is 0.508 e. The number of phenolic OH excluding ortho intramolecular Hbond substituents is 1. The molecule has 0 aliphatic heterocycles. The van der Waals surface area contributed by atoms with E-state index in [9.17, 15) is 10.2 Å². The highest BCUT2D eigenvalue weighted by molar-refractivity contribution is 5.26. The number of benzene rings is 1. The lowest BCUT2D eigenvalue weighted by Gasteiger charge is -2.26. The number of hydrogen-bond donors (Lipinski definition) is 2. The molecule has 0 fully saturated rings. The van der Waals surface area contributed by atoms with E-state index >= 15 is 0 Å². The Hall–Kier alpha value is -1.06. The molecule has 0 radical (unpaired) electrons. The van der Waals surface area contributed by atoms with Crippen LogP contribution in [0, 0.1) is 0 Å². The first-order valence-electron chi connectivity index (χ1n) is 6.19. The summed E-state index contributed by atoms with van der Waals surface area (Å²) in [7, 11) is 2.03. The van der Waals surface area contributed by atoms with Gasteiger partial charge < -0.3 is 15.1 Å². The Balaban J connectivity index is 2.47. The number of hydrogen-bond acceptors (Lipinski definition) is 3. The first kappa shape index (κ1) is 14.0. The monoisotopic (exact) mass is 237 g/mol. The molecule has 0 heterocycles. The number of aromatic hydroxyl groups is 1. The van der Waals surface area contributed by atoms with Crippen molar-refractivity contribution in [2.75, 3.05) is 13.6 Å². The summed E-state index contributed by atoms with van der Waals surface area (Å²) in [5, 5.41) is 18.8. The molecule has 2 atom stereocenters. The Morgan fingerprint density at radius 2 is 1.82 bits per heavy atom. The quantitative estimate of drug-likeness (QED) is 0.795. The van der Waals surface area contributed by atoms with Crippen LogP contribution in [-0.2, 0) is 6.42 Å². The van der Waals surface area contributed by atoms with Gasteiger partial charge in [0.15, 0.2) is 0 Å². The minimum Gasteiger partial charge on any atom is -0.508 e. The van der Waals surface area contributed by atoms with Crippen LogP contribution in [0.3, 0.4) is 0 Å². The van der Waals surface area contributed by atoms with E-state index in [-0.39, 0.29) is 6.10 Å². The molecule has 1 aromatic carbocycles.